The van der Waals surface area contributed by atoms with Crippen LogP contribution in [0.15, 0.2) is 0 Å². The van der Waals surface area contributed by atoms with Gasteiger partial charge in [0, 0.05) is 12.3 Å². The first-order chi connectivity index (χ1) is 14.3. The summed E-state index contributed by atoms with van der Waals surface area (Å²) in [7, 11) is 1.52. The highest BCUT2D eigenvalue weighted by Crippen LogP contribution is 2.69. The van der Waals surface area contributed by atoms with Crippen molar-refractivity contribution >= 4 is 5.97 Å². The van der Waals surface area contributed by atoms with E-state index in [0.29, 0.717) is 29.1 Å². The molecule has 0 spiro atoms. The van der Waals surface area contributed by atoms with E-state index in [9.17, 15) is 4.79 Å². The standard InChI is InChI=1S/C26H42O4/c1-24-11-9-17(16-23(27)28-4)15-18(24)5-6-19-20-7-8-22(26(3)29-13-14-30-26)25(20,2)12-10-21(19)24/h17-22H,5-16H2,1-4H3/t17?,18?,19-,20-,21-,22-,24-,25-/m0/s1. The minimum Gasteiger partial charge on any atom is -0.469 e. The van der Waals surface area contributed by atoms with Crippen LogP contribution >= 0.6 is 0 Å². The van der Waals surface area contributed by atoms with Crippen LogP contribution in [0.2, 0.25) is 0 Å². The molecule has 0 amide bonds. The van der Waals surface area contributed by atoms with Crippen LogP contribution in [0, 0.1) is 46.3 Å². The Labute approximate surface area is 182 Å². The van der Waals surface area contributed by atoms with Gasteiger partial charge in [0.05, 0.1) is 20.3 Å². The molecule has 4 aliphatic carbocycles. The van der Waals surface area contributed by atoms with Crippen molar-refractivity contribution < 1.29 is 19.0 Å². The van der Waals surface area contributed by atoms with Crippen LogP contribution in [-0.4, -0.2) is 32.1 Å². The highest BCUT2D eigenvalue weighted by atomic mass is 16.7. The topological polar surface area (TPSA) is 44.8 Å². The Bertz CT molecular complexity index is 670. The molecule has 0 aromatic carbocycles. The van der Waals surface area contributed by atoms with E-state index >= 15 is 0 Å². The third kappa shape index (κ3) is 3.10. The first kappa shape index (κ1) is 21.2. The van der Waals surface area contributed by atoms with E-state index in [1.807, 2.05) is 0 Å². The number of carbonyl (C=O) groups is 1. The highest BCUT2D eigenvalue weighted by molar-refractivity contribution is 5.69. The number of rotatable bonds is 3. The van der Waals surface area contributed by atoms with E-state index in [1.165, 1.54) is 64.9 Å². The summed E-state index contributed by atoms with van der Waals surface area (Å²) in [6.07, 6.45) is 12.4. The minimum absolute atomic E-state index is 0.0208. The molecule has 0 aromatic rings. The Morgan fingerprint density at radius 3 is 2.33 bits per heavy atom. The Morgan fingerprint density at radius 2 is 1.60 bits per heavy atom. The third-order valence-corrected chi connectivity index (χ3v) is 11.0. The Morgan fingerprint density at radius 1 is 0.900 bits per heavy atom. The van der Waals surface area contributed by atoms with Gasteiger partial charge in [-0.1, -0.05) is 13.8 Å². The summed E-state index contributed by atoms with van der Waals surface area (Å²) in [5, 5.41) is 0. The molecular formula is C26H42O4. The smallest absolute Gasteiger partial charge is 0.305 e. The van der Waals surface area contributed by atoms with Crippen molar-refractivity contribution in [1.29, 1.82) is 0 Å². The molecule has 1 aliphatic heterocycles. The summed E-state index contributed by atoms with van der Waals surface area (Å²) in [6.45, 7) is 8.91. The van der Waals surface area contributed by atoms with Crippen LogP contribution in [0.25, 0.3) is 0 Å². The van der Waals surface area contributed by atoms with Crippen LogP contribution < -0.4 is 0 Å². The molecule has 1 heterocycles. The van der Waals surface area contributed by atoms with E-state index < -0.39 is 0 Å². The van der Waals surface area contributed by atoms with Crippen molar-refractivity contribution in [1.82, 2.24) is 0 Å². The first-order valence-electron chi connectivity index (χ1n) is 12.6. The maximum Gasteiger partial charge on any atom is 0.305 e. The maximum absolute atomic E-state index is 11.8. The van der Waals surface area contributed by atoms with Crippen molar-refractivity contribution in [3.63, 3.8) is 0 Å². The van der Waals surface area contributed by atoms with Crippen molar-refractivity contribution in [3.05, 3.63) is 0 Å². The molecule has 5 aliphatic rings. The molecular weight excluding hydrogens is 376 g/mol. The van der Waals surface area contributed by atoms with Crippen molar-refractivity contribution in [2.24, 2.45) is 46.3 Å². The molecule has 0 radical (unpaired) electrons. The predicted molar refractivity (Wildman–Crippen MR) is 116 cm³/mol. The number of carbonyl (C=O) groups excluding carboxylic acids is 1. The van der Waals surface area contributed by atoms with E-state index in [4.69, 9.17) is 14.2 Å². The fraction of sp³-hybridized carbons (Fsp3) is 0.962. The van der Waals surface area contributed by atoms with Crippen molar-refractivity contribution in [2.45, 2.75) is 90.8 Å². The van der Waals surface area contributed by atoms with Crippen LogP contribution in [0.4, 0.5) is 0 Å². The van der Waals surface area contributed by atoms with Gasteiger partial charge in [-0.05, 0) is 105 Å². The lowest BCUT2D eigenvalue weighted by Gasteiger charge is -2.61. The fourth-order valence-corrected chi connectivity index (χ4v) is 9.44. The van der Waals surface area contributed by atoms with E-state index in [0.717, 1.165) is 36.9 Å². The normalized spacial score (nSPS) is 49.7. The number of hydrogen-bond donors (Lipinski definition) is 0. The zero-order valence-electron chi connectivity index (χ0n) is 19.6. The molecule has 4 heteroatoms. The van der Waals surface area contributed by atoms with Crippen LogP contribution in [0.1, 0.15) is 85.0 Å². The average molecular weight is 419 g/mol. The molecule has 5 fully saturated rings. The van der Waals surface area contributed by atoms with Gasteiger partial charge < -0.3 is 14.2 Å². The number of ether oxygens (including phenoxy) is 3. The SMILES string of the molecule is COC(=O)CC1CC[C@@]2(C)C(CC[C@H]3[C@@H]4CC[C@H](C5(C)OCCO5)[C@@]4(C)CC[C@@H]32)C1. The van der Waals surface area contributed by atoms with Gasteiger partial charge in [0.2, 0.25) is 0 Å². The van der Waals surface area contributed by atoms with Gasteiger partial charge in [0.1, 0.15) is 0 Å². The summed E-state index contributed by atoms with van der Waals surface area (Å²) in [6, 6.07) is 0. The van der Waals surface area contributed by atoms with E-state index in [1.54, 1.807) is 0 Å². The number of methoxy groups -OCH3 is 1. The average Bonchev–Trinajstić information content (AvgIpc) is 3.32. The van der Waals surface area contributed by atoms with Crippen LogP contribution in [0.5, 0.6) is 0 Å². The second kappa shape index (κ2) is 7.47. The second-order valence-corrected chi connectivity index (χ2v) is 12.0. The van der Waals surface area contributed by atoms with E-state index in [2.05, 4.69) is 20.8 Å². The van der Waals surface area contributed by atoms with Gasteiger partial charge >= 0.3 is 5.97 Å². The molecule has 2 unspecified atom stereocenters. The van der Waals surface area contributed by atoms with Gasteiger partial charge in [-0.2, -0.15) is 0 Å². The number of esters is 1. The molecule has 30 heavy (non-hydrogen) atoms. The fourth-order valence-electron chi connectivity index (χ4n) is 9.44. The van der Waals surface area contributed by atoms with Crippen molar-refractivity contribution in [2.75, 3.05) is 20.3 Å². The molecule has 4 nitrogen and oxygen atoms in total. The zero-order valence-corrected chi connectivity index (χ0v) is 19.6. The van der Waals surface area contributed by atoms with Gasteiger partial charge in [0.25, 0.3) is 0 Å². The first-order valence-corrected chi connectivity index (χ1v) is 12.6. The van der Waals surface area contributed by atoms with Gasteiger partial charge in [-0.25, -0.2) is 0 Å². The quantitative estimate of drug-likeness (QED) is 0.561. The second-order valence-electron chi connectivity index (χ2n) is 12.0. The molecule has 0 N–H and O–H groups in total. The Balaban J connectivity index is 1.33. The Kier molecular flexibility index (Phi) is 5.29. The molecule has 0 aromatic heterocycles. The molecule has 8 atom stereocenters. The lowest BCUT2D eigenvalue weighted by molar-refractivity contribution is -0.218. The minimum atomic E-state index is -0.358. The lowest BCUT2D eigenvalue weighted by Crippen LogP contribution is -2.55. The summed E-state index contributed by atoms with van der Waals surface area (Å²) < 4.78 is 17.3. The molecule has 1 saturated heterocycles. The zero-order chi connectivity index (χ0) is 21.1. The lowest BCUT2D eigenvalue weighted by atomic mass is 9.44. The summed E-state index contributed by atoms with van der Waals surface area (Å²) in [5.41, 5.74) is 0.838. The number of fused-ring (bicyclic) bond motifs is 5. The monoisotopic (exact) mass is 418 g/mol. The van der Waals surface area contributed by atoms with Gasteiger partial charge in [0.15, 0.2) is 5.79 Å². The van der Waals surface area contributed by atoms with Crippen molar-refractivity contribution in [3.8, 4) is 0 Å². The van der Waals surface area contributed by atoms with Gasteiger partial charge in [-0.15, -0.1) is 0 Å². The van der Waals surface area contributed by atoms with Crippen LogP contribution in [-0.2, 0) is 19.0 Å². The largest absolute Gasteiger partial charge is 0.469 e. The molecule has 5 rings (SSSR count). The highest BCUT2D eigenvalue weighted by Gasteiger charge is 2.63. The van der Waals surface area contributed by atoms with Gasteiger partial charge in [-0.3, -0.25) is 4.79 Å². The Hall–Kier alpha value is -0.610. The summed E-state index contributed by atoms with van der Waals surface area (Å²) >= 11 is 0. The third-order valence-electron chi connectivity index (χ3n) is 11.0. The predicted octanol–water partition coefficient (Wildman–Crippen LogP) is 5.59. The number of hydrogen-bond acceptors (Lipinski definition) is 4. The van der Waals surface area contributed by atoms with E-state index in [-0.39, 0.29) is 11.8 Å². The maximum atomic E-state index is 11.8. The summed E-state index contributed by atoms with van der Waals surface area (Å²) in [5.74, 6) is 4.06. The molecule has 4 saturated carbocycles. The summed E-state index contributed by atoms with van der Waals surface area (Å²) in [4.78, 5) is 11.8. The van der Waals surface area contributed by atoms with Crippen LogP contribution in [0.3, 0.4) is 0 Å². The molecule has 0 bridgehead atoms. The molecule has 170 valence electrons.